The van der Waals surface area contributed by atoms with Crippen LogP contribution < -0.4 is 20.5 Å². The van der Waals surface area contributed by atoms with Crippen LogP contribution in [0.5, 0.6) is 11.5 Å². The number of aryl methyl sites for hydroxylation is 1. The topological polar surface area (TPSA) is 69.4 Å². The molecule has 0 spiro atoms. The Morgan fingerprint density at radius 2 is 1.86 bits per heavy atom. The van der Waals surface area contributed by atoms with Crippen molar-refractivity contribution in [1.29, 1.82) is 0 Å². The van der Waals surface area contributed by atoms with E-state index >= 15 is 0 Å². The first-order valence-electron chi connectivity index (χ1n) is 6.72. The van der Waals surface area contributed by atoms with E-state index in [1.807, 2.05) is 38.2 Å². The number of ether oxygens (including phenoxy) is 2. The Balaban J connectivity index is 2.51. The molecule has 0 aliphatic carbocycles. The number of pyridine rings is 1. The Morgan fingerprint density at radius 1 is 1.14 bits per heavy atom. The summed E-state index contributed by atoms with van der Waals surface area (Å²) in [5.74, 6) is 1.92. The van der Waals surface area contributed by atoms with Crippen LogP contribution in [0, 0.1) is 6.92 Å². The first kappa shape index (κ1) is 15.1. The Bertz CT molecular complexity index is 609. The van der Waals surface area contributed by atoms with Gasteiger partial charge >= 0.3 is 0 Å². The number of nitrogen functional groups attached to an aromatic ring is 1. The van der Waals surface area contributed by atoms with Gasteiger partial charge in [-0.25, -0.2) is 4.98 Å². The maximum absolute atomic E-state index is 6.05. The Labute approximate surface area is 125 Å². The van der Waals surface area contributed by atoms with Gasteiger partial charge in [0.2, 0.25) is 0 Å². The zero-order chi connectivity index (χ0) is 15.4. The van der Waals surface area contributed by atoms with E-state index < -0.39 is 0 Å². The number of nitrogens with two attached hydrogens (primary N) is 1. The van der Waals surface area contributed by atoms with E-state index in [1.54, 1.807) is 20.4 Å². The molecular weight excluding hydrogens is 266 g/mol. The number of hydrogen-bond acceptors (Lipinski definition) is 5. The van der Waals surface area contributed by atoms with Crippen LogP contribution in [-0.2, 0) is 0 Å². The number of nitrogens with zero attached hydrogens (tertiary/aromatic N) is 1. The van der Waals surface area contributed by atoms with Crippen LogP contribution in [0.4, 0.5) is 5.82 Å². The van der Waals surface area contributed by atoms with Crippen LogP contribution in [0.3, 0.4) is 0 Å². The Hall–Kier alpha value is -2.27. The lowest BCUT2D eigenvalue weighted by Gasteiger charge is -2.21. The van der Waals surface area contributed by atoms with E-state index in [1.165, 1.54) is 0 Å². The number of aromatic nitrogens is 1. The maximum atomic E-state index is 6.05. The van der Waals surface area contributed by atoms with Crippen molar-refractivity contribution in [3.8, 4) is 11.5 Å². The van der Waals surface area contributed by atoms with Gasteiger partial charge in [-0.3, -0.25) is 0 Å². The molecule has 0 bridgehead atoms. The second kappa shape index (κ2) is 6.45. The summed E-state index contributed by atoms with van der Waals surface area (Å²) in [6.07, 6.45) is 1.72. The third-order valence-electron chi connectivity index (χ3n) is 3.56. The summed E-state index contributed by atoms with van der Waals surface area (Å²) in [5, 5.41) is 3.29. The fraction of sp³-hybridized carbons (Fsp3) is 0.312. The lowest BCUT2D eigenvalue weighted by Crippen LogP contribution is -2.20. The molecule has 1 atom stereocenters. The zero-order valence-corrected chi connectivity index (χ0v) is 12.8. The average Bonchev–Trinajstić information content (AvgIpc) is 2.50. The predicted octanol–water partition coefficient (Wildman–Crippen LogP) is 2.30. The summed E-state index contributed by atoms with van der Waals surface area (Å²) < 4.78 is 10.6. The third-order valence-corrected chi connectivity index (χ3v) is 3.56. The molecule has 2 rings (SSSR count). The number of benzene rings is 1. The number of anilines is 1. The summed E-state index contributed by atoms with van der Waals surface area (Å²) in [5.41, 5.74) is 9.17. The molecule has 5 heteroatoms. The van der Waals surface area contributed by atoms with Crippen molar-refractivity contribution in [3.63, 3.8) is 0 Å². The molecule has 1 aromatic carbocycles. The van der Waals surface area contributed by atoms with Gasteiger partial charge in [0.25, 0.3) is 0 Å². The van der Waals surface area contributed by atoms with E-state index in [-0.39, 0.29) is 6.04 Å². The van der Waals surface area contributed by atoms with Crippen molar-refractivity contribution in [2.24, 2.45) is 0 Å². The monoisotopic (exact) mass is 287 g/mol. The molecule has 0 fully saturated rings. The van der Waals surface area contributed by atoms with Gasteiger partial charge in [-0.2, -0.15) is 0 Å². The minimum Gasteiger partial charge on any atom is -0.493 e. The molecular formula is C16H21N3O2. The van der Waals surface area contributed by atoms with E-state index in [0.29, 0.717) is 17.3 Å². The van der Waals surface area contributed by atoms with Gasteiger partial charge in [0.1, 0.15) is 5.82 Å². The lowest BCUT2D eigenvalue weighted by atomic mass is 9.95. The zero-order valence-electron chi connectivity index (χ0n) is 12.8. The molecule has 0 aliphatic heterocycles. The lowest BCUT2D eigenvalue weighted by molar-refractivity contribution is 0.354. The molecule has 0 saturated heterocycles. The van der Waals surface area contributed by atoms with E-state index in [4.69, 9.17) is 15.2 Å². The summed E-state index contributed by atoms with van der Waals surface area (Å²) in [6.45, 7) is 2.03. The van der Waals surface area contributed by atoms with Crippen LogP contribution in [-0.4, -0.2) is 26.3 Å². The quantitative estimate of drug-likeness (QED) is 0.883. The molecule has 3 N–H and O–H groups in total. The fourth-order valence-corrected chi connectivity index (χ4v) is 2.48. The van der Waals surface area contributed by atoms with E-state index in [2.05, 4.69) is 10.3 Å². The van der Waals surface area contributed by atoms with Crippen molar-refractivity contribution in [2.45, 2.75) is 13.0 Å². The normalized spacial score (nSPS) is 12.0. The number of methoxy groups -OCH3 is 2. The van der Waals surface area contributed by atoms with Crippen molar-refractivity contribution >= 4 is 5.82 Å². The molecule has 0 aliphatic rings. The van der Waals surface area contributed by atoms with Gasteiger partial charge in [-0.15, -0.1) is 0 Å². The highest BCUT2D eigenvalue weighted by Gasteiger charge is 2.19. The minimum absolute atomic E-state index is 0.0569. The first-order valence-corrected chi connectivity index (χ1v) is 6.72. The molecule has 1 aromatic heterocycles. The molecule has 112 valence electrons. The van der Waals surface area contributed by atoms with Crippen LogP contribution in [0.1, 0.15) is 22.7 Å². The summed E-state index contributed by atoms with van der Waals surface area (Å²) in [6, 6.07) is 7.73. The maximum Gasteiger partial charge on any atom is 0.161 e. The number of rotatable bonds is 5. The summed E-state index contributed by atoms with van der Waals surface area (Å²) in [4.78, 5) is 4.19. The number of hydrogen-bond donors (Lipinski definition) is 2. The first-order chi connectivity index (χ1) is 10.1. The standard InChI is InChI=1S/C16H21N3O2/c1-10-7-8-19-16(17)14(10)15(18-2)11-5-6-12(20-3)13(9-11)21-4/h5-9,15,18H,1-4H3,(H2,17,19). The fourth-order valence-electron chi connectivity index (χ4n) is 2.48. The van der Waals surface area contributed by atoms with Crippen molar-refractivity contribution in [2.75, 3.05) is 27.0 Å². The molecule has 1 unspecified atom stereocenters. The van der Waals surface area contributed by atoms with Gasteiger partial charge in [0.05, 0.1) is 20.3 Å². The highest BCUT2D eigenvalue weighted by molar-refractivity contribution is 5.52. The van der Waals surface area contributed by atoms with Gasteiger partial charge in [0.15, 0.2) is 11.5 Å². The summed E-state index contributed by atoms with van der Waals surface area (Å²) >= 11 is 0. The van der Waals surface area contributed by atoms with Crippen LogP contribution in [0.15, 0.2) is 30.5 Å². The predicted molar refractivity (Wildman–Crippen MR) is 83.8 cm³/mol. The second-order valence-corrected chi connectivity index (χ2v) is 4.76. The SMILES string of the molecule is CNC(c1ccc(OC)c(OC)c1)c1c(C)ccnc1N. The minimum atomic E-state index is -0.0569. The highest BCUT2D eigenvalue weighted by atomic mass is 16.5. The van der Waals surface area contributed by atoms with Crippen LogP contribution >= 0.6 is 0 Å². The van der Waals surface area contributed by atoms with Crippen molar-refractivity contribution in [3.05, 3.63) is 47.2 Å². The Kier molecular flexibility index (Phi) is 4.65. The largest absolute Gasteiger partial charge is 0.493 e. The van der Waals surface area contributed by atoms with Gasteiger partial charge in [-0.1, -0.05) is 6.07 Å². The van der Waals surface area contributed by atoms with Gasteiger partial charge in [0, 0.05) is 11.8 Å². The average molecular weight is 287 g/mol. The molecule has 5 nitrogen and oxygen atoms in total. The molecule has 0 saturated carbocycles. The molecule has 0 radical (unpaired) electrons. The van der Waals surface area contributed by atoms with Crippen LogP contribution in [0.25, 0.3) is 0 Å². The molecule has 1 heterocycles. The molecule has 21 heavy (non-hydrogen) atoms. The van der Waals surface area contributed by atoms with Gasteiger partial charge in [-0.05, 0) is 43.3 Å². The van der Waals surface area contributed by atoms with Crippen molar-refractivity contribution in [1.82, 2.24) is 10.3 Å². The third kappa shape index (κ3) is 2.92. The van der Waals surface area contributed by atoms with Crippen molar-refractivity contribution < 1.29 is 9.47 Å². The Morgan fingerprint density at radius 3 is 2.43 bits per heavy atom. The molecule has 0 amide bonds. The van der Waals surface area contributed by atoms with Gasteiger partial charge < -0.3 is 20.5 Å². The summed E-state index contributed by atoms with van der Waals surface area (Å²) in [7, 11) is 5.14. The smallest absolute Gasteiger partial charge is 0.161 e. The second-order valence-electron chi connectivity index (χ2n) is 4.76. The van der Waals surface area contributed by atoms with Crippen LogP contribution in [0.2, 0.25) is 0 Å². The van der Waals surface area contributed by atoms with E-state index in [9.17, 15) is 0 Å². The van der Waals surface area contributed by atoms with E-state index in [0.717, 1.165) is 16.7 Å². The highest BCUT2D eigenvalue weighted by Crippen LogP contribution is 2.34. The number of nitrogens with one attached hydrogen (secondary N) is 1. The molecule has 2 aromatic rings.